The minimum Gasteiger partial charge on any atom is -0.438 e. The lowest BCUT2D eigenvalue weighted by Crippen LogP contribution is -2.21. The minimum absolute atomic E-state index is 0.0426. The Morgan fingerprint density at radius 1 is 1.05 bits per heavy atom. The predicted octanol–water partition coefficient (Wildman–Crippen LogP) is 8.57. The van der Waals surface area contributed by atoms with Crippen LogP contribution in [-0.4, -0.2) is 24.9 Å². The normalized spacial score (nSPS) is 21.9. The quantitative estimate of drug-likeness (QED) is 0.223. The fourth-order valence-electron chi connectivity index (χ4n) is 6.20. The van der Waals surface area contributed by atoms with Gasteiger partial charge in [0.05, 0.1) is 5.56 Å². The third-order valence-electron chi connectivity index (χ3n) is 8.11. The summed E-state index contributed by atoms with van der Waals surface area (Å²) < 4.78 is 57.0. The third-order valence-corrected chi connectivity index (χ3v) is 8.11. The number of nitrogens with one attached hydrogen (secondary N) is 1. The summed E-state index contributed by atoms with van der Waals surface area (Å²) in [6, 6.07) is 11.2. The molecule has 1 N–H and O–H groups in total. The van der Waals surface area contributed by atoms with E-state index in [-0.39, 0.29) is 17.2 Å². The van der Waals surface area contributed by atoms with Gasteiger partial charge in [-0.05, 0) is 117 Å². The average Bonchev–Trinajstić information content (AvgIpc) is 3.24. The largest absolute Gasteiger partial charge is 0.438 e. The second kappa shape index (κ2) is 13.4. The molecule has 2 aliphatic carbocycles. The van der Waals surface area contributed by atoms with Crippen LogP contribution < -0.4 is 10.1 Å². The zero-order chi connectivity index (χ0) is 28.7. The molecule has 40 heavy (non-hydrogen) atoms. The molecule has 0 amide bonds. The molecule has 2 saturated carbocycles. The first-order valence-corrected chi connectivity index (χ1v) is 13.9. The van der Waals surface area contributed by atoms with Gasteiger partial charge in [-0.1, -0.05) is 25.5 Å². The van der Waals surface area contributed by atoms with Crippen molar-refractivity contribution in [3.8, 4) is 22.8 Å². The highest BCUT2D eigenvalue weighted by atomic mass is 19.4. The Labute approximate surface area is 233 Å². The van der Waals surface area contributed by atoms with Gasteiger partial charge in [-0.2, -0.15) is 13.2 Å². The lowest BCUT2D eigenvalue weighted by Gasteiger charge is -2.28. The number of benzene rings is 2. The summed E-state index contributed by atoms with van der Waals surface area (Å²) in [5.74, 6) is 4.01. The van der Waals surface area contributed by atoms with E-state index in [0.29, 0.717) is 17.4 Å². The first kappa shape index (κ1) is 29.7. The van der Waals surface area contributed by atoms with E-state index in [9.17, 15) is 22.4 Å². The van der Waals surface area contributed by atoms with Crippen molar-refractivity contribution in [3.05, 3.63) is 77.7 Å². The number of nitrogens with zero attached hydrogens (tertiary/aromatic N) is 1. The van der Waals surface area contributed by atoms with E-state index in [1.165, 1.54) is 62.7 Å². The van der Waals surface area contributed by atoms with Crippen LogP contribution in [0.5, 0.6) is 11.6 Å². The summed E-state index contributed by atoms with van der Waals surface area (Å²) in [5, 5.41) is 3.29. The van der Waals surface area contributed by atoms with Crippen LogP contribution in [-0.2, 0) is 6.18 Å². The third kappa shape index (κ3) is 7.68. The fourth-order valence-corrected chi connectivity index (χ4v) is 6.20. The Hall–Kier alpha value is -3.26. The first-order chi connectivity index (χ1) is 19.2. The molecule has 2 aromatic carbocycles. The average molecular weight is 557 g/mol. The topological polar surface area (TPSA) is 51.2 Å². The Kier molecular flexibility index (Phi) is 9.95. The number of hydrogen-bond donors (Lipinski definition) is 1. The maximum absolute atomic E-state index is 13.5. The van der Waals surface area contributed by atoms with Gasteiger partial charge >= 0.3 is 6.18 Å². The Balaban J connectivity index is 0.000000222. The zero-order valence-electron chi connectivity index (χ0n) is 22.9. The van der Waals surface area contributed by atoms with Gasteiger partial charge in [0.2, 0.25) is 5.88 Å². The van der Waals surface area contributed by atoms with Crippen LogP contribution in [0.15, 0.2) is 60.8 Å². The molecular weight excluding hydrogens is 520 g/mol. The predicted molar refractivity (Wildman–Crippen MR) is 148 cm³/mol. The van der Waals surface area contributed by atoms with Crippen LogP contribution in [0.2, 0.25) is 0 Å². The lowest BCUT2D eigenvalue weighted by molar-refractivity contribution is -0.137. The molecule has 0 radical (unpaired) electrons. The monoisotopic (exact) mass is 556 g/mol. The summed E-state index contributed by atoms with van der Waals surface area (Å²) in [6.07, 6.45) is 6.43. The Bertz CT molecular complexity index is 1260. The number of pyridine rings is 1. The van der Waals surface area contributed by atoms with Crippen molar-refractivity contribution < 1.29 is 27.1 Å². The second-order valence-corrected chi connectivity index (χ2v) is 10.9. The molecule has 3 aromatic rings. The van der Waals surface area contributed by atoms with E-state index in [1.54, 1.807) is 18.9 Å². The molecule has 214 valence electrons. The molecule has 0 saturated heterocycles. The van der Waals surface area contributed by atoms with Crippen LogP contribution in [0.3, 0.4) is 0 Å². The number of halogens is 4. The van der Waals surface area contributed by atoms with Crippen molar-refractivity contribution in [2.75, 3.05) is 13.6 Å². The number of ether oxygens (including phenoxy) is 1. The molecule has 2 bridgehead atoms. The van der Waals surface area contributed by atoms with Gasteiger partial charge in [-0.15, -0.1) is 0 Å². The number of hydrogen-bond acceptors (Lipinski definition) is 4. The van der Waals surface area contributed by atoms with Gasteiger partial charge in [0.25, 0.3) is 0 Å². The van der Waals surface area contributed by atoms with Gasteiger partial charge in [0.15, 0.2) is 6.29 Å². The van der Waals surface area contributed by atoms with Crippen LogP contribution in [0.1, 0.15) is 61.4 Å². The number of aromatic nitrogens is 1. The molecule has 2 aliphatic rings. The van der Waals surface area contributed by atoms with Crippen LogP contribution in [0.4, 0.5) is 17.6 Å². The highest BCUT2D eigenvalue weighted by molar-refractivity contribution is 5.80. The summed E-state index contributed by atoms with van der Waals surface area (Å²) in [5.41, 5.74) is 0.209. The minimum atomic E-state index is -4.45. The van der Waals surface area contributed by atoms with E-state index < -0.39 is 17.6 Å². The molecule has 4 atom stereocenters. The van der Waals surface area contributed by atoms with Crippen molar-refractivity contribution in [2.45, 2.75) is 51.6 Å². The van der Waals surface area contributed by atoms with Crippen molar-refractivity contribution in [3.63, 3.8) is 0 Å². The lowest BCUT2D eigenvalue weighted by atomic mass is 9.78. The number of aldehydes is 1. The molecule has 1 heterocycles. The van der Waals surface area contributed by atoms with Gasteiger partial charge in [-0.3, -0.25) is 4.79 Å². The number of carbonyl (C=O) groups is 1. The standard InChI is InChI=1S/C19H11F4NO2.C13H25N/c20-15-3-1-2-13(9-15)17-8-12(11-25)10-24-18(17)26-16-6-4-14(5-7-16)19(21,22)23;1-3-12-8-11-6-10(4-5-14-2)7-13(12)9-11/h1-11H;10-14H,3-9H2,1-2H3. The maximum Gasteiger partial charge on any atom is 0.416 e. The van der Waals surface area contributed by atoms with Crippen molar-refractivity contribution in [1.29, 1.82) is 0 Å². The summed E-state index contributed by atoms with van der Waals surface area (Å²) in [4.78, 5) is 15.0. The maximum atomic E-state index is 13.5. The van der Waals surface area contributed by atoms with Crippen LogP contribution in [0.25, 0.3) is 11.1 Å². The highest BCUT2D eigenvalue weighted by Crippen LogP contribution is 2.49. The molecule has 4 nitrogen and oxygen atoms in total. The van der Waals surface area contributed by atoms with E-state index in [4.69, 9.17) is 4.74 Å². The smallest absolute Gasteiger partial charge is 0.416 e. The van der Waals surface area contributed by atoms with Crippen molar-refractivity contribution >= 4 is 6.29 Å². The van der Waals surface area contributed by atoms with Crippen molar-refractivity contribution in [2.24, 2.45) is 23.7 Å². The number of rotatable bonds is 8. The van der Waals surface area contributed by atoms with E-state index in [2.05, 4.69) is 24.3 Å². The molecule has 0 spiro atoms. The van der Waals surface area contributed by atoms with E-state index in [1.807, 2.05) is 0 Å². The van der Waals surface area contributed by atoms with Gasteiger partial charge in [0, 0.05) is 17.3 Å². The van der Waals surface area contributed by atoms with E-state index in [0.717, 1.165) is 47.9 Å². The molecule has 2 fully saturated rings. The highest BCUT2D eigenvalue weighted by Gasteiger charge is 2.39. The summed E-state index contributed by atoms with van der Waals surface area (Å²) >= 11 is 0. The summed E-state index contributed by atoms with van der Waals surface area (Å²) in [6.45, 7) is 3.61. The summed E-state index contributed by atoms with van der Waals surface area (Å²) in [7, 11) is 2.08. The molecule has 8 heteroatoms. The molecule has 4 unspecified atom stereocenters. The van der Waals surface area contributed by atoms with Gasteiger partial charge in [-0.25, -0.2) is 9.37 Å². The zero-order valence-corrected chi connectivity index (χ0v) is 22.9. The number of carbonyl (C=O) groups excluding carboxylic acids is 1. The van der Waals surface area contributed by atoms with Crippen LogP contribution in [0, 0.1) is 29.5 Å². The molecular formula is C32H36F4N2O2. The second-order valence-electron chi connectivity index (χ2n) is 10.9. The SMILES string of the molecule is CCC1CC2CC(CCNC)CC1C2.O=Cc1cnc(Oc2ccc(C(F)(F)F)cc2)c(-c2cccc(F)c2)c1. The molecule has 5 rings (SSSR count). The first-order valence-electron chi connectivity index (χ1n) is 13.9. The molecule has 0 aliphatic heterocycles. The molecule has 1 aromatic heterocycles. The Morgan fingerprint density at radius 2 is 1.82 bits per heavy atom. The van der Waals surface area contributed by atoms with Gasteiger partial charge < -0.3 is 10.1 Å². The van der Waals surface area contributed by atoms with Crippen LogP contribution >= 0.6 is 0 Å². The number of alkyl halides is 3. The van der Waals surface area contributed by atoms with Gasteiger partial charge in [0.1, 0.15) is 11.6 Å². The van der Waals surface area contributed by atoms with Crippen molar-refractivity contribution in [1.82, 2.24) is 10.3 Å². The number of fused-ring (bicyclic) bond motifs is 2. The fraction of sp³-hybridized carbons (Fsp3) is 0.438. The van der Waals surface area contributed by atoms with E-state index >= 15 is 0 Å². The Morgan fingerprint density at radius 3 is 2.48 bits per heavy atom.